The first kappa shape index (κ1) is 35.9. The maximum atomic E-state index is 12.0. The molecule has 2 aromatic rings. The lowest BCUT2D eigenvalue weighted by Crippen LogP contribution is -3.06. The van der Waals surface area contributed by atoms with E-state index in [4.69, 9.17) is 9.47 Å². The van der Waals surface area contributed by atoms with E-state index in [1.54, 1.807) is 0 Å². The van der Waals surface area contributed by atoms with Crippen molar-refractivity contribution in [3.63, 3.8) is 0 Å². The van der Waals surface area contributed by atoms with E-state index < -0.39 is 5.60 Å². The number of rotatable bonds is 13. The third-order valence-corrected chi connectivity index (χ3v) is 5.76. The smallest absolute Gasteiger partial charge is 0.137 e. The average Bonchev–Trinajstić information content (AvgIpc) is 2.73. The molecular weight excluding hydrogens is 509 g/mol. The Morgan fingerprint density at radius 1 is 0.657 bits per heavy atom. The van der Waals surface area contributed by atoms with E-state index in [2.05, 4.69) is 49.2 Å². The molecule has 0 aliphatic rings. The van der Waals surface area contributed by atoms with Crippen LogP contribution in [0.5, 0.6) is 11.5 Å². The van der Waals surface area contributed by atoms with Crippen molar-refractivity contribution >= 4 is 0 Å². The van der Waals surface area contributed by atoms with Crippen LogP contribution in [0.1, 0.15) is 18.1 Å². The predicted molar refractivity (Wildman–Crippen MR) is 129 cm³/mol. The SMILES string of the molecule is CC(C[NH+](C)C)C(O)(c1ccc(OCC[NH+](C)C)cc1)c1ccc(OCC[NH+](C)C)cc1.[Cl-].[Cl-].[Cl-]. The van der Waals surface area contributed by atoms with Crippen LogP contribution < -0.4 is 61.4 Å². The molecule has 0 saturated carbocycles. The summed E-state index contributed by atoms with van der Waals surface area (Å²) in [5.74, 6) is 1.67. The molecule has 0 heterocycles. The van der Waals surface area contributed by atoms with E-state index in [-0.39, 0.29) is 43.1 Å². The second kappa shape index (κ2) is 17.2. The summed E-state index contributed by atoms with van der Waals surface area (Å²) in [6.07, 6.45) is 0. The number of aliphatic hydroxyl groups is 1. The van der Waals surface area contributed by atoms with Crippen LogP contribution in [0.2, 0.25) is 0 Å². The molecule has 2 aromatic carbocycles. The molecule has 0 aliphatic carbocycles. The van der Waals surface area contributed by atoms with Gasteiger partial charge in [0.2, 0.25) is 0 Å². The van der Waals surface area contributed by atoms with Gasteiger partial charge in [0.05, 0.1) is 48.8 Å². The average molecular weight is 553 g/mol. The first-order chi connectivity index (χ1) is 15.1. The number of quaternary nitrogens is 3. The summed E-state index contributed by atoms with van der Waals surface area (Å²) in [5.41, 5.74) is 0.652. The van der Waals surface area contributed by atoms with Gasteiger partial charge in [0.1, 0.15) is 43.4 Å². The van der Waals surface area contributed by atoms with Gasteiger partial charge in [-0.1, -0.05) is 31.2 Å². The monoisotopic (exact) mass is 551 g/mol. The summed E-state index contributed by atoms with van der Waals surface area (Å²) < 4.78 is 11.7. The van der Waals surface area contributed by atoms with Crippen LogP contribution in [-0.4, -0.2) is 80.2 Å². The van der Waals surface area contributed by atoms with Crippen molar-refractivity contribution in [1.29, 1.82) is 0 Å². The van der Waals surface area contributed by atoms with Crippen molar-refractivity contribution in [3.8, 4) is 11.5 Å². The quantitative estimate of drug-likeness (QED) is 0.200. The van der Waals surface area contributed by atoms with Crippen molar-refractivity contribution in [2.45, 2.75) is 12.5 Å². The number of hydrogen-bond acceptors (Lipinski definition) is 3. The molecule has 0 aromatic heterocycles. The molecule has 0 spiro atoms. The minimum absolute atomic E-state index is 0. The van der Waals surface area contributed by atoms with Gasteiger partial charge in [0, 0.05) is 5.92 Å². The normalized spacial score (nSPS) is 12.0. The van der Waals surface area contributed by atoms with E-state index in [9.17, 15) is 5.11 Å². The van der Waals surface area contributed by atoms with Crippen molar-refractivity contribution in [1.82, 2.24) is 0 Å². The third kappa shape index (κ3) is 11.1. The van der Waals surface area contributed by atoms with Crippen LogP contribution in [0.3, 0.4) is 0 Å². The fraction of sp³-hybridized carbons (Fsp3) is 0.538. The summed E-state index contributed by atoms with van der Waals surface area (Å²) in [6, 6.07) is 15.8. The molecule has 202 valence electrons. The van der Waals surface area contributed by atoms with Gasteiger partial charge in [-0.15, -0.1) is 0 Å². The van der Waals surface area contributed by atoms with Gasteiger partial charge >= 0.3 is 0 Å². The summed E-state index contributed by atoms with van der Waals surface area (Å²) in [4.78, 5) is 4.01. The topological polar surface area (TPSA) is 52.0 Å². The van der Waals surface area contributed by atoms with E-state index >= 15 is 0 Å². The zero-order valence-electron chi connectivity index (χ0n) is 22.1. The lowest BCUT2D eigenvalue weighted by atomic mass is 9.76. The number of nitrogens with one attached hydrogen (secondary N) is 3. The Morgan fingerprint density at radius 3 is 1.29 bits per heavy atom. The largest absolute Gasteiger partial charge is 1.00 e. The van der Waals surface area contributed by atoms with Crippen LogP contribution in [0.15, 0.2) is 48.5 Å². The fourth-order valence-corrected chi connectivity index (χ4v) is 3.85. The number of halogens is 3. The van der Waals surface area contributed by atoms with Gasteiger partial charge in [-0.2, -0.15) is 0 Å². The molecule has 0 radical (unpaired) electrons. The molecule has 0 amide bonds. The number of benzene rings is 2. The molecule has 0 saturated heterocycles. The van der Waals surface area contributed by atoms with Gasteiger partial charge in [0.25, 0.3) is 0 Å². The number of hydrogen-bond donors (Lipinski definition) is 4. The van der Waals surface area contributed by atoms with Crippen LogP contribution in [0.4, 0.5) is 0 Å². The van der Waals surface area contributed by atoms with Gasteiger partial charge in [-0.3, -0.25) is 0 Å². The van der Waals surface area contributed by atoms with Crippen molar-refractivity contribution in [2.24, 2.45) is 5.92 Å². The molecule has 0 bridgehead atoms. The molecular formula is C26H44Cl3N3O3. The fourth-order valence-electron chi connectivity index (χ4n) is 3.85. The van der Waals surface area contributed by atoms with E-state index in [1.165, 1.54) is 14.7 Å². The Kier molecular flexibility index (Phi) is 17.7. The van der Waals surface area contributed by atoms with Crippen LogP contribution in [0.25, 0.3) is 0 Å². The lowest BCUT2D eigenvalue weighted by molar-refractivity contribution is -0.862. The zero-order valence-corrected chi connectivity index (χ0v) is 24.4. The summed E-state index contributed by atoms with van der Waals surface area (Å²) in [6.45, 7) is 6.18. The summed E-state index contributed by atoms with van der Waals surface area (Å²) >= 11 is 0. The van der Waals surface area contributed by atoms with Crippen molar-refractivity contribution in [3.05, 3.63) is 59.7 Å². The lowest BCUT2D eigenvalue weighted by Gasteiger charge is -2.35. The Labute approximate surface area is 230 Å². The Morgan fingerprint density at radius 2 is 1.00 bits per heavy atom. The zero-order chi connectivity index (χ0) is 23.7. The molecule has 35 heavy (non-hydrogen) atoms. The van der Waals surface area contributed by atoms with E-state index in [1.807, 2.05) is 48.5 Å². The highest BCUT2D eigenvalue weighted by Crippen LogP contribution is 2.37. The van der Waals surface area contributed by atoms with E-state index in [0.29, 0.717) is 13.2 Å². The van der Waals surface area contributed by atoms with Gasteiger partial charge in [0.15, 0.2) is 0 Å². The summed E-state index contributed by atoms with van der Waals surface area (Å²) in [5, 5.41) is 12.0. The summed E-state index contributed by atoms with van der Waals surface area (Å²) in [7, 11) is 12.7. The molecule has 9 heteroatoms. The van der Waals surface area contributed by atoms with Gasteiger partial charge in [-0.05, 0) is 35.4 Å². The highest BCUT2D eigenvalue weighted by atomic mass is 35.5. The molecule has 1 atom stereocenters. The first-order valence-corrected chi connectivity index (χ1v) is 11.7. The minimum Gasteiger partial charge on any atom is -1.00 e. The van der Waals surface area contributed by atoms with E-state index in [0.717, 1.165) is 42.3 Å². The highest BCUT2D eigenvalue weighted by Gasteiger charge is 2.39. The maximum absolute atomic E-state index is 12.0. The van der Waals surface area contributed by atoms with Crippen molar-refractivity contribution in [2.75, 3.05) is 75.1 Å². The van der Waals surface area contributed by atoms with Crippen molar-refractivity contribution < 1.29 is 66.5 Å². The van der Waals surface area contributed by atoms with Crippen LogP contribution in [-0.2, 0) is 5.60 Å². The van der Waals surface area contributed by atoms with Gasteiger partial charge < -0.3 is 66.5 Å². The standard InChI is InChI=1S/C26H41N3O3.3ClH/c1-21(20-29(6)7)26(30,22-8-12-24(13-9-22)31-18-16-27(2)3)23-10-14-25(15-11-23)32-19-17-28(4)5;;;/h8-15,21,30H,16-20H2,1-7H3;3*1H. The van der Waals surface area contributed by atoms with Crippen LogP contribution in [0, 0.1) is 5.92 Å². The van der Waals surface area contributed by atoms with Crippen LogP contribution >= 0.6 is 0 Å². The second-order valence-electron chi connectivity index (χ2n) is 9.74. The first-order valence-electron chi connectivity index (χ1n) is 11.7. The third-order valence-electron chi connectivity index (χ3n) is 5.76. The molecule has 1 unspecified atom stereocenters. The number of ether oxygens (including phenoxy) is 2. The Hall–Kier alpha value is -1.25. The second-order valence-corrected chi connectivity index (χ2v) is 9.74. The van der Waals surface area contributed by atoms with Gasteiger partial charge in [-0.25, -0.2) is 0 Å². The Bertz CT molecular complexity index is 746. The molecule has 6 nitrogen and oxygen atoms in total. The maximum Gasteiger partial charge on any atom is 0.137 e. The molecule has 4 N–H and O–H groups in total. The highest BCUT2D eigenvalue weighted by molar-refractivity contribution is 5.41. The molecule has 2 rings (SSSR count). The minimum atomic E-state index is -1.10. The molecule has 0 aliphatic heterocycles. The number of likely N-dealkylation sites (N-methyl/N-ethyl adjacent to an activating group) is 2. The Balaban J connectivity index is 0. The molecule has 0 fully saturated rings. The predicted octanol–water partition coefficient (Wildman–Crippen LogP) is -10.2.